The number of benzene rings is 2. The summed E-state index contributed by atoms with van der Waals surface area (Å²) in [4.78, 5) is 15.0. The lowest BCUT2D eigenvalue weighted by Crippen LogP contribution is -2.30. The number of carbonyl (C=O) groups excluding carboxylic acids is 1. The molecule has 0 fully saturated rings. The highest BCUT2D eigenvalue weighted by Crippen LogP contribution is 2.40. The highest BCUT2D eigenvalue weighted by atomic mass is 79.9. The summed E-state index contributed by atoms with van der Waals surface area (Å²) >= 11 is 7.11. The summed E-state index contributed by atoms with van der Waals surface area (Å²) in [5, 5.41) is 0. The van der Waals surface area contributed by atoms with E-state index in [9.17, 15) is 4.79 Å². The summed E-state index contributed by atoms with van der Waals surface area (Å²) in [6.45, 7) is 9.04. The van der Waals surface area contributed by atoms with E-state index in [-0.39, 0.29) is 5.91 Å². The van der Waals surface area contributed by atoms with Crippen molar-refractivity contribution in [1.29, 1.82) is 0 Å². The number of amides is 1. The van der Waals surface area contributed by atoms with Crippen LogP contribution in [0.25, 0.3) is 11.6 Å². The number of nitrogens with zero attached hydrogens (tertiary/aromatic N) is 1. The second-order valence-electron chi connectivity index (χ2n) is 6.80. The maximum absolute atomic E-state index is 13.1. The zero-order valence-corrected chi connectivity index (χ0v) is 18.5. The number of rotatable bonds is 6. The quantitative estimate of drug-likeness (QED) is 0.350. The molecular weight excluding hydrogens is 470 g/mol. The number of para-hydroxylation sites is 1. The summed E-state index contributed by atoms with van der Waals surface area (Å²) in [7, 11) is 0. The second kappa shape index (κ2) is 8.44. The van der Waals surface area contributed by atoms with E-state index in [0.29, 0.717) is 24.6 Å². The molecule has 27 heavy (non-hydrogen) atoms. The largest absolute Gasteiger partial charge is 0.487 e. The normalized spacial score (nSPS) is 14.8. The van der Waals surface area contributed by atoms with Gasteiger partial charge in [-0.15, -0.1) is 0 Å². The molecule has 1 heterocycles. The number of carbonyl (C=O) groups is 1. The van der Waals surface area contributed by atoms with Crippen LogP contribution in [0, 0.1) is 5.92 Å². The molecule has 1 aliphatic rings. The Kier molecular flexibility index (Phi) is 6.22. The van der Waals surface area contributed by atoms with E-state index in [1.54, 1.807) is 6.08 Å². The first-order valence-electron chi connectivity index (χ1n) is 8.78. The number of anilines is 1. The van der Waals surface area contributed by atoms with Crippen molar-refractivity contribution in [2.24, 2.45) is 5.92 Å². The Morgan fingerprint density at radius 2 is 1.85 bits per heavy atom. The van der Waals surface area contributed by atoms with Crippen LogP contribution in [0.15, 0.2) is 58.0 Å². The minimum absolute atomic E-state index is 0.0455. The maximum atomic E-state index is 13.1. The van der Waals surface area contributed by atoms with E-state index in [1.807, 2.05) is 47.4 Å². The van der Waals surface area contributed by atoms with Crippen LogP contribution in [0.4, 0.5) is 5.69 Å². The van der Waals surface area contributed by atoms with Crippen molar-refractivity contribution < 1.29 is 9.53 Å². The number of hydrogen-bond acceptors (Lipinski definition) is 2. The molecule has 0 atom stereocenters. The molecule has 2 aromatic carbocycles. The molecular formula is C22H21Br2NO2. The Morgan fingerprint density at radius 1 is 1.19 bits per heavy atom. The average molecular weight is 491 g/mol. The van der Waals surface area contributed by atoms with Gasteiger partial charge in [-0.2, -0.15) is 0 Å². The fourth-order valence-corrected chi connectivity index (χ4v) is 4.55. The van der Waals surface area contributed by atoms with Gasteiger partial charge in [-0.1, -0.05) is 44.7 Å². The first kappa shape index (κ1) is 19.9. The molecule has 2 aromatic rings. The van der Waals surface area contributed by atoms with Crippen molar-refractivity contribution in [2.45, 2.75) is 13.8 Å². The Balaban J connectivity index is 2.02. The molecule has 0 saturated carbocycles. The van der Waals surface area contributed by atoms with E-state index in [0.717, 1.165) is 31.5 Å². The van der Waals surface area contributed by atoms with Crippen molar-refractivity contribution in [3.63, 3.8) is 0 Å². The summed E-state index contributed by atoms with van der Waals surface area (Å²) in [6, 6.07) is 11.9. The molecule has 0 unspecified atom stereocenters. The van der Waals surface area contributed by atoms with E-state index in [2.05, 4.69) is 52.3 Å². The van der Waals surface area contributed by atoms with Gasteiger partial charge in [0.2, 0.25) is 0 Å². The predicted octanol–water partition coefficient (Wildman–Crippen LogP) is 6.32. The van der Waals surface area contributed by atoms with Gasteiger partial charge in [0.15, 0.2) is 0 Å². The highest BCUT2D eigenvalue weighted by Gasteiger charge is 2.32. The standard InChI is InChI=1S/C22H21Br2NO2/c1-4-9-27-21-18(23)11-15(12-19(21)24)10-17-16-7-5-6-8-20(16)25(22(17)26)13-14(2)3/h4-8,10-12,14H,1,9,13H2,2-3H3/b17-10-. The molecule has 1 aliphatic heterocycles. The van der Waals surface area contributed by atoms with Gasteiger partial charge in [0, 0.05) is 17.7 Å². The fourth-order valence-electron chi connectivity index (χ4n) is 3.10. The summed E-state index contributed by atoms with van der Waals surface area (Å²) in [5.41, 5.74) is 3.59. The zero-order chi connectivity index (χ0) is 19.6. The summed E-state index contributed by atoms with van der Waals surface area (Å²) in [5.74, 6) is 1.16. The van der Waals surface area contributed by atoms with Crippen LogP contribution in [0.3, 0.4) is 0 Å². The Labute approximate surface area is 177 Å². The predicted molar refractivity (Wildman–Crippen MR) is 119 cm³/mol. The lowest BCUT2D eigenvalue weighted by atomic mass is 10.0. The number of hydrogen-bond donors (Lipinski definition) is 0. The molecule has 0 aliphatic carbocycles. The summed E-state index contributed by atoms with van der Waals surface area (Å²) in [6.07, 6.45) is 3.64. The first-order valence-corrected chi connectivity index (χ1v) is 10.4. The smallest absolute Gasteiger partial charge is 0.259 e. The molecule has 3 nitrogen and oxygen atoms in total. The van der Waals surface area contributed by atoms with Gasteiger partial charge in [0.25, 0.3) is 5.91 Å². The zero-order valence-electron chi connectivity index (χ0n) is 15.3. The monoisotopic (exact) mass is 489 g/mol. The molecule has 0 bridgehead atoms. The highest BCUT2D eigenvalue weighted by molar-refractivity contribution is 9.11. The molecule has 0 aromatic heterocycles. The van der Waals surface area contributed by atoms with E-state index < -0.39 is 0 Å². The van der Waals surface area contributed by atoms with Crippen LogP contribution >= 0.6 is 31.9 Å². The molecule has 0 radical (unpaired) electrons. The Hall–Kier alpha value is -1.85. The van der Waals surface area contributed by atoms with Crippen LogP contribution in [0.5, 0.6) is 5.75 Å². The van der Waals surface area contributed by atoms with Crippen molar-refractivity contribution in [1.82, 2.24) is 0 Å². The van der Waals surface area contributed by atoms with Gasteiger partial charge < -0.3 is 9.64 Å². The third-order valence-electron chi connectivity index (χ3n) is 4.19. The van der Waals surface area contributed by atoms with Gasteiger partial charge in [0.05, 0.1) is 14.6 Å². The van der Waals surface area contributed by atoms with Crippen molar-refractivity contribution in [2.75, 3.05) is 18.1 Å². The molecule has 140 valence electrons. The van der Waals surface area contributed by atoms with Gasteiger partial charge >= 0.3 is 0 Å². The maximum Gasteiger partial charge on any atom is 0.259 e. The molecule has 3 rings (SSSR count). The fraction of sp³-hybridized carbons (Fsp3) is 0.227. The molecule has 1 amide bonds. The lowest BCUT2D eigenvalue weighted by Gasteiger charge is -2.19. The first-order chi connectivity index (χ1) is 12.9. The lowest BCUT2D eigenvalue weighted by molar-refractivity contribution is -0.113. The van der Waals surface area contributed by atoms with Crippen molar-refractivity contribution in [3.8, 4) is 5.75 Å². The number of ether oxygens (including phenoxy) is 1. The van der Waals surface area contributed by atoms with Crippen LogP contribution in [-0.4, -0.2) is 19.1 Å². The Bertz CT molecular complexity index is 895. The van der Waals surface area contributed by atoms with Gasteiger partial charge in [0.1, 0.15) is 12.4 Å². The summed E-state index contributed by atoms with van der Waals surface area (Å²) < 4.78 is 7.32. The molecule has 5 heteroatoms. The average Bonchev–Trinajstić information content (AvgIpc) is 2.87. The van der Waals surface area contributed by atoms with E-state index in [4.69, 9.17) is 4.74 Å². The number of fused-ring (bicyclic) bond motifs is 1. The topological polar surface area (TPSA) is 29.5 Å². The van der Waals surface area contributed by atoms with Gasteiger partial charge in [-0.25, -0.2) is 0 Å². The molecule has 0 saturated heterocycles. The number of halogens is 2. The third-order valence-corrected chi connectivity index (χ3v) is 5.36. The second-order valence-corrected chi connectivity index (χ2v) is 8.51. The van der Waals surface area contributed by atoms with Crippen LogP contribution in [-0.2, 0) is 4.79 Å². The SMILES string of the molecule is C=CCOc1c(Br)cc(/C=C2\C(=O)N(CC(C)C)c3ccccc32)cc1Br. The van der Waals surface area contributed by atoms with Gasteiger partial charge in [-0.05, 0) is 67.6 Å². The van der Waals surface area contributed by atoms with Crippen LogP contribution in [0.2, 0.25) is 0 Å². The van der Waals surface area contributed by atoms with Crippen molar-refractivity contribution in [3.05, 3.63) is 69.1 Å². The molecule has 0 N–H and O–H groups in total. The molecule has 0 spiro atoms. The minimum Gasteiger partial charge on any atom is -0.487 e. The van der Waals surface area contributed by atoms with Crippen LogP contribution < -0.4 is 9.64 Å². The third kappa shape index (κ3) is 4.19. The Morgan fingerprint density at radius 3 is 2.48 bits per heavy atom. The van der Waals surface area contributed by atoms with E-state index in [1.165, 1.54) is 0 Å². The van der Waals surface area contributed by atoms with Gasteiger partial charge in [-0.3, -0.25) is 4.79 Å². The van der Waals surface area contributed by atoms with Crippen molar-refractivity contribution >= 4 is 55.1 Å². The minimum atomic E-state index is 0.0455. The van der Waals surface area contributed by atoms with Crippen LogP contribution in [0.1, 0.15) is 25.0 Å². The van der Waals surface area contributed by atoms with E-state index >= 15 is 0 Å².